The third-order valence-electron chi connectivity index (χ3n) is 6.39. The Balaban J connectivity index is 1.49. The summed E-state index contributed by atoms with van der Waals surface area (Å²) in [5.74, 6) is 0. The fraction of sp³-hybridized carbons (Fsp3) is 0.435. The minimum Gasteiger partial charge on any atom is -0.394 e. The van der Waals surface area contributed by atoms with E-state index in [1.54, 1.807) is 0 Å². The van der Waals surface area contributed by atoms with Crippen LogP contribution in [0.15, 0.2) is 54.6 Å². The zero-order valence-corrected chi connectivity index (χ0v) is 16.1. The molecule has 6 nitrogen and oxygen atoms in total. The van der Waals surface area contributed by atoms with Crippen molar-refractivity contribution in [3.63, 3.8) is 0 Å². The summed E-state index contributed by atoms with van der Waals surface area (Å²) >= 11 is 0. The van der Waals surface area contributed by atoms with E-state index in [0.29, 0.717) is 6.42 Å². The van der Waals surface area contributed by atoms with Crippen molar-refractivity contribution in [2.75, 3.05) is 6.61 Å². The molecular weight excluding hydrogens is 372 g/mol. The van der Waals surface area contributed by atoms with E-state index < -0.39 is 29.5 Å². The topological polar surface area (TPSA) is 95.1 Å². The maximum Gasteiger partial charge on any atom is 0.158 e. The van der Waals surface area contributed by atoms with E-state index in [0.717, 1.165) is 23.0 Å². The lowest BCUT2D eigenvalue weighted by atomic mass is 9.73. The van der Waals surface area contributed by atoms with Gasteiger partial charge in [-0.1, -0.05) is 54.6 Å². The highest BCUT2D eigenvalue weighted by molar-refractivity contribution is 5.55. The molecule has 6 heteroatoms. The molecule has 0 spiro atoms. The van der Waals surface area contributed by atoms with Crippen molar-refractivity contribution in [3.05, 3.63) is 71.3 Å². The summed E-state index contributed by atoms with van der Waals surface area (Å²) in [6, 6.07) is 17.1. The van der Waals surface area contributed by atoms with Gasteiger partial charge in [0.05, 0.1) is 12.7 Å². The molecule has 2 aromatic carbocycles. The molecule has 7 unspecified atom stereocenters. The zero-order valence-electron chi connectivity index (χ0n) is 16.1. The predicted octanol–water partition coefficient (Wildman–Crippen LogP) is 1.67. The van der Waals surface area contributed by atoms with Crippen LogP contribution in [0.25, 0.3) is 0 Å². The van der Waals surface area contributed by atoms with Gasteiger partial charge in [0.2, 0.25) is 0 Å². The van der Waals surface area contributed by atoms with Crippen molar-refractivity contribution in [1.29, 1.82) is 0 Å². The van der Waals surface area contributed by atoms with Crippen LogP contribution in [0.2, 0.25) is 0 Å². The fourth-order valence-corrected chi connectivity index (χ4v) is 4.75. The molecule has 3 aliphatic rings. The van der Waals surface area contributed by atoms with Crippen molar-refractivity contribution in [1.82, 2.24) is 0 Å². The number of hydrogen-bond acceptors (Lipinski definition) is 6. The van der Waals surface area contributed by atoms with Crippen molar-refractivity contribution >= 4 is 6.29 Å². The molecule has 3 heterocycles. The molecule has 2 N–H and O–H groups in total. The quantitative estimate of drug-likeness (QED) is 0.521. The summed E-state index contributed by atoms with van der Waals surface area (Å²) in [7, 11) is 0. The second kappa shape index (κ2) is 6.72. The van der Waals surface area contributed by atoms with Gasteiger partial charge >= 0.3 is 0 Å². The Morgan fingerprint density at radius 3 is 2.31 bits per heavy atom. The Labute approximate surface area is 169 Å². The Bertz CT molecular complexity index is 899. The van der Waals surface area contributed by atoms with Crippen LogP contribution in [0, 0.1) is 0 Å². The smallest absolute Gasteiger partial charge is 0.158 e. The van der Waals surface area contributed by atoms with Gasteiger partial charge < -0.3 is 29.2 Å². The first-order chi connectivity index (χ1) is 14.1. The number of rotatable bonds is 8. The van der Waals surface area contributed by atoms with Gasteiger partial charge in [0, 0.05) is 6.42 Å². The monoisotopic (exact) mass is 396 g/mol. The lowest BCUT2D eigenvalue weighted by Crippen LogP contribution is -2.55. The summed E-state index contributed by atoms with van der Waals surface area (Å²) in [5.41, 5.74) is 0.158. The van der Waals surface area contributed by atoms with Gasteiger partial charge in [-0.2, -0.15) is 0 Å². The lowest BCUT2D eigenvalue weighted by molar-refractivity contribution is -0.107. The number of benzene rings is 2. The maximum atomic E-state index is 12.0. The molecule has 0 bridgehead atoms. The average Bonchev–Trinajstić information content (AvgIpc) is 3.63. The maximum absolute atomic E-state index is 12.0. The SMILES string of the molecule is CC1OC1C(O)(C1OC1c1ccc(CC=O)cc1)C1(c2ccccc2)OC1CO. The Hall–Kier alpha value is -2.09. The number of aliphatic hydroxyl groups is 2. The van der Waals surface area contributed by atoms with Crippen molar-refractivity contribution < 1.29 is 29.2 Å². The molecule has 29 heavy (non-hydrogen) atoms. The minimum absolute atomic E-state index is 0.121. The second-order valence-corrected chi connectivity index (χ2v) is 8.07. The largest absolute Gasteiger partial charge is 0.394 e. The van der Waals surface area contributed by atoms with Gasteiger partial charge in [0.1, 0.15) is 30.7 Å². The van der Waals surface area contributed by atoms with Crippen LogP contribution in [0.3, 0.4) is 0 Å². The van der Waals surface area contributed by atoms with Crippen LogP contribution < -0.4 is 0 Å². The van der Waals surface area contributed by atoms with E-state index in [1.165, 1.54) is 0 Å². The summed E-state index contributed by atoms with van der Waals surface area (Å²) < 4.78 is 17.7. The number of epoxide rings is 3. The van der Waals surface area contributed by atoms with Crippen LogP contribution in [0.5, 0.6) is 0 Å². The van der Waals surface area contributed by atoms with Gasteiger partial charge in [-0.3, -0.25) is 0 Å². The van der Waals surface area contributed by atoms with E-state index in [4.69, 9.17) is 14.2 Å². The van der Waals surface area contributed by atoms with E-state index in [9.17, 15) is 15.0 Å². The van der Waals surface area contributed by atoms with Gasteiger partial charge in [0.15, 0.2) is 11.2 Å². The lowest BCUT2D eigenvalue weighted by Gasteiger charge is -2.33. The second-order valence-electron chi connectivity index (χ2n) is 8.07. The molecule has 7 atom stereocenters. The molecule has 0 aliphatic carbocycles. The molecule has 5 rings (SSSR count). The minimum atomic E-state index is -1.44. The summed E-state index contributed by atoms with van der Waals surface area (Å²) in [6.07, 6.45) is -0.662. The number of aldehydes is 1. The summed E-state index contributed by atoms with van der Waals surface area (Å²) in [4.78, 5) is 10.7. The molecule has 0 amide bonds. The molecule has 3 fully saturated rings. The number of aliphatic hydroxyl groups excluding tert-OH is 1. The first-order valence-corrected chi connectivity index (χ1v) is 9.96. The van der Waals surface area contributed by atoms with Crippen molar-refractivity contribution in [3.8, 4) is 0 Å². The molecule has 152 valence electrons. The molecule has 3 aliphatic heterocycles. The molecule has 0 radical (unpaired) electrons. The Kier molecular flexibility index (Phi) is 4.38. The van der Waals surface area contributed by atoms with Gasteiger partial charge in [-0.05, 0) is 23.6 Å². The molecule has 3 saturated heterocycles. The van der Waals surface area contributed by atoms with Gasteiger partial charge in [-0.15, -0.1) is 0 Å². The zero-order chi connectivity index (χ0) is 20.2. The van der Waals surface area contributed by atoms with Crippen molar-refractivity contribution in [2.24, 2.45) is 0 Å². The Morgan fingerprint density at radius 1 is 1.07 bits per heavy atom. The van der Waals surface area contributed by atoms with E-state index in [-0.39, 0.29) is 18.8 Å². The van der Waals surface area contributed by atoms with Gasteiger partial charge in [-0.25, -0.2) is 0 Å². The third kappa shape index (κ3) is 2.79. The van der Waals surface area contributed by atoms with Crippen LogP contribution in [0.1, 0.15) is 29.7 Å². The normalized spacial score (nSPS) is 36.9. The van der Waals surface area contributed by atoms with Crippen LogP contribution in [-0.4, -0.2) is 53.1 Å². The highest BCUT2D eigenvalue weighted by Crippen LogP contribution is 2.65. The van der Waals surface area contributed by atoms with Crippen LogP contribution in [-0.2, 0) is 31.0 Å². The number of carbonyl (C=O) groups excluding carboxylic acids is 1. The third-order valence-corrected chi connectivity index (χ3v) is 6.39. The number of carbonyl (C=O) groups is 1. The highest BCUT2D eigenvalue weighted by atomic mass is 16.7. The highest BCUT2D eigenvalue weighted by Gasteiger charge is 2.81. The van der Waals surface area contributed by atoms with Crippen molar-refractivity contribution in [2.45, 2.75) is 55.1 Å². The molecule has 0 saturated carbocycles. The summed E-state index contributed by atoms with van der Waals surface area (Å²) in [5, 5.41) is 21.9. The average molecular weight is 396 g/mol. The van der Waals surface area contributed by atoms with E-state index in [1.807, 2.05) is 61.5 Å². The molecule has 2 aromatic rings. The standard InChI is InChI=1S/C23H24O6/c1-14-20(27-14)22(26,23(18(13-25)29-23)17-5-3-2-4-6-17)21-19(28-21)16-9-7-15(8-10-16)11-12-24/h2-10,12,14,18-21,25-26H,11,13H2,1H3. The first-order valence-electron chi connectivity index (χ1n) is 9.96. The number of ether oxygens (including phenoxy) is 3. The van der Waals surface area contributed by atoms with E-state index >= 15 is 0 Å². The van der Waals surface area contributed by atoms with E-state index in [2.05, 4.69) is 0 Å². The Morgan fingerprint density at radius 2 is 1.76 bits per heavy atom. The van der Waals surface area contributed by atoms with Crippen LogP contribution >= 0.6 is 0 Å². The first kappa shape index (κ1) is 18.9. The summed E-state index contributed by atoms with van der Waals surface area (Å²) in [6.45, 7) is 1.71. The fourth-order valence-electron chi connectivity index (χ4n) is 4.75. The molecule has 0 aromatic heterocycles. The van der Waals surface area contributed by atoms with Gasteiger partial charge in [0.25, 0.3) is 0 Å². The molecular formula is C23H24O6. The number of hydrogen-bond donors (Lipinski definition) is 2. The predicted molar refractivity (Wildman–Crippen MR) is 103 cm³/mol. The van der Waals surface area contributed by atoms with Crippen LogP contribution in [0.4, 0.5) is 0 Å².